The SMILES string of the molecule is Cc1cc(/C=C/C(c2cc(Cl)c(Cl)c(Cl)c2)C(F)(F)F)cnc1CN. The molecule has 2 nitrogen and oxygen atoms in total. The Labute approximate surface area is 158 Å². The van der Waals surface area contributed by atoms with Gasteiger partial charge in [0.15, 0.2) is 0 Å². The Kier molecular flexibility index (Phi) is 6.38. The highest BCUT2D eigenvalue weighted by molar-refractivity contribution is 6.48. The predicted molar refractivity (Wildman–Crippen MR) is 96.2 cm³/mol. The number of hydrogen-bond donors (Lipinski definition) is 1. The first-order valence-electron chi connectivity index (χ1n) is 7.18. The number of pyridine rings is 1. The summed E-state index contributed by atoms with van der Waals surface area (Å²) >= 11 is 17.5. The first-order chi connectivity index (χ1) is 11.6. The van der Waals surface area contributed by atoms with Crippen molar-refractivity contribution in [1.29, 1.82) is 0 Å². The number of rotatable bonds is 4. The number of hydrogen-bond acceptors (Lipinski definition) is 2. The molecule has 0 aliphatic carbocycles. The molecule has 0 bridgehead atoms. The first kappa shape index (κ1) is 20.0. The van der Waals surface area contributed by atoms with Crippen LogP contribution in [-0.4, -0.2) is 11.2 Å². The summed E-state index contributed by atoms with van der Waals surface area (Å²) < 4.78 is 40.4. The fraction of sp³-hybridized carbons (Fsp3) is 0.235. The maximum atomic E-state index is 13.5. The zero-order valence-corrected chi connectivity index (χ0v) is 15.3. The molecule has 1 heterocycles. The third-order valence-corrected chi connectivity index (χ3v) is 4.80. The summed E-state index contributed by atoms with van der Waals surface area (Å²) in [5.74, 6) is -1.88. The fourth-order valence-electron chi connectivity index (χ4n) is 2.30. The molecule has 0 radical (unpaired) electrons. The molecule has 0 spiro atoms. The van der Waals surface area contributed by atoms with E-state index in [1.807, 2.05) is 0 Å². The largest absolute Gasteiger partial charge is 0.399 e. The second-order valence-corrected chi connectivity index (χ2v) is 6.61. The van der Waals surface area contributed by atoms with E-state index in [1.165, 1.54) is 24.4 Å². The minimum Gasteiger partial charge on any atom is -0.325 e. The molecule has 2 N–H and O–H groups in total. The molecule has 0 fully saturated rings. The van der Waals surface area contributed by atoms with Crippen LogP contribution in [0.3, 0.4) is 0 Å². The van der Waals surface area contributed by atoms with E-state index in [4.69, 9.17) is 40.5 Å². The van der Waals surface area contributed by atoms with Crippen molar-refractivity contribution in [2.45, 2.75) is 25.6 Å². The average Bonchev–Trinajstić information content (AvgIpc) is 2.51. The number of halogens is 6. The zero-order chi connectivity index (χ0) is 18.8. The highest BCUT2D eigenvalue weighted by Gasteiger charge is 2.39. The van der Waals surface area contributed by atoms with Crippen molar-refractivity contribution < 1.29 is 13.2 Å². The van der Waals surface area contributed by atoms with E-state index in [9.17, 15) is 13.2 Å². The van der Waals surface area contributed by atoms with Gasteiger partial charge >= 0.3 is 6.18 Å². The smallest absolute Gasteiger partial charge is 0.325 e. The van der Waals surface area contributed by atoms with Crippen LogP contribution in [0.2, 0.25) is 15.1 Å². The van der Waals surface area contributed by atoms with Crippen molar-refractivity contribution in [3.63, 3.8) is 0 Å². The van der Waals surface area contributed by atoms with Gasteiger partial charge in [-0.05, 0) is 41.8 Å². The Bertz CT molecular complexity index is 781. The molecule has 2 aromatic rings. The number of allylic oxidation sites excluding steroid dienone is 1. The lowest BCUT2D eigenvalue weighted by atomic mass is 9.97. The van der Waals surface area contributed by atoms with Crippen LogP contribution >= 0.6 is 34.8 Å². The van der Waals surface area contributed by atoms with Crippen molar-refractivity contribution in [2.24, 2.45) is 5.73 Å². The second-order valence-electron chi connectivity index (χ2n) is 5.41. The molecular formula is C17H14Cl3F3N2. The molecule has 134 valence electrons. The topological polar surface area (TPSA) is 38.9 Å². The summed E-state index contributed by atoms with van der Waals surface area (Å²) in [7, 11) is 0. The number of aryl methyl sites for hydroxylation is 1. The summed E-state index contributed by atoms with van der Waals surface area (Å²) in [6.45, 7) is 2.06. The fourth-order valence-corrected chi connectivity index (χ4v) is 2.91. The normalized spacial score (nSPS) is 13.4. The van der Waals surface area contributed by atoms with Crippen LogP contribution in [0, 0.1) is 6.92 Å². The molecule has 0 amide bonds. The number of nitrogens with zero attached hydrogens (tertiary/aromatic N) is 1. The Morgan fingerprint density at radius 2 is 1.76 bits per heavy atom. The standard InChI is InChI=1S/C17H14Cl3F3N2/c1-9-4-10(8-25-15(9)7-24)2-3-12(17(21,22)23)11-5-13(18)16(20)14(19)6-11/h2-6,8,12H,7,24H2,1H3/b3-2+. The van der Waals surface area contributed by atoms with Crippen LogP contribution < -0.4 is 5.73 Å². The number of benzene rings is 1. The molecule has 0 saturated heterocycles. The number of aromatic nitrogens is 1. The van der Waals surface area contributed by atoms with Crippen molar-refractivity contribution >= 4 is 40.9 Å². The van der Waals surface area contributed by atoms with Gasteiger partial charge in [0.2, 0.25) is 0 Å². The molecule has 2 rings (SSSR count). The van der Waals surface area contributed by atoms with Crippen LogP contribution in [0.15, 0.2) is 30.5 Å². The van der Waals surface area contributed by atoms with Crippen LogP contribution in [0.4, 0.5) is 13.2 Å². The minimum absolute atomic E-state index is 0.0224. The van der Waals surface area contributed by atoms with Crippen LogP contribution in [0.5, 0.6) is 0 Å². The maximum Gasteiger partial charge on any atom is 0.399 e. The van der Waals surface area contributed by atoms with E-state index < -0.39 is 12.1 Å². The number of alkyl halides is 3. The van der Waals surface area contributed by atoms with Gasteiger partial charge in [0.25, 0.3) is 0 Å². The van der Waals surface area contributed by atoms with Crippen molar-refractivity contribution in [2.75, 3.05) is 0 Å². The van der Waals surface area contributed by atoms with Gasteiger partial charge in [-0.3, -0.25) is 4.98 Å². The van der Waals surface area contributed by atoms with E-state index in [1.54, 1.807) is 13.0 Å². The monoisotopic (exact) mass is 408 g/mol. The van der Waals surface area contributed by atoms with Gasteiger partial charge < -0.3 is 5.73 Å². The quantitative estimate of drug-likeness (QED) is 0.613. The van der Waals surface area contributed by atoms with Gasteiger partial charge in [0.1, 0.15) is 0 Å². The van der Waals surface area contributed by atoms with Crippen LogP contribution in [-0.2, 0) is 6.54 Å². The van der Waals surface area contributed by atoms with E-state index >= 15 is 0 Å². The van der Waals surface area contributed by atoms with Crippen LogP contribution in [0.1, 0.15) is 28.3 Å². The molecule has 0 aliphatic rings. The highest BCUT2D eigenvalue weighted by atomic mass is 35.5. The molecule has 1 aromatic carbocycles. The maximum absolute atomic E-state index is 13.5. The minimum atomic E-state index is -4.52. The van der Waals surface area contributed by atoms with E-state index in [-0.39, 0.29) is 27.2 Å². The molecule has 25 heavy (non-hydrogen) atoms. The lowest BCUT2D eigenvalue weighted by Crippen LogP contribution is -2.19. The molecule has 1 aromatic heterocycles. The van der Waals surface area contributed by atoms with Crippen molar-refractivity contribution in [1.82, 2.24) is 4.98 Å². The van der Waals surface area contributed by atoms with E-state index in [2.05, 4.69) is 4.98 Å². The summed E-state index contributed by atoms with van der Waals surface area (Å²) in [4.78, 5) is 4.13. The van der Waals surface area contributed by atoms with Gasteiger partial charge in [-0.15, -0.1) is 0 Å². The predicted octanol–water partition coefficient (Wildman–Crippen LogP) is 6.17. The molecule has 0 aliphatic heterocycles. The van der Waals surface area contributed by atoms with Gasteiger partial charge in [0, 0.05) is 12.7 Å². The summed E-state index contributed by atoms with van der Waals surface area (Å²) in [6, 6.07) is 4.06. The van der Waals surface area contributed by atoms with E-state index in [0.717, 1.165) is 11.6 Å². The Morgan fingerprint density at radius 1 is 1.16 bits per heavy atom. The summed E-state index contributed by atoms with van der Waals surface area (Å²) in [5, 5.41) is -0.0394. The second kappa shape index (κ2) is 7.96. The lowest BCUT2D eigenvalue weighted by molar-refractivity contribution is -0.139. The molecule has 8 heteroatoms. The average molecular weight is 410 g/mol. The third kappa shape index (κ3) is 4.88. The lowest BCUT2D eigenvalue weighted by Gasteiger charge is -2.18. The van der Waals surface area contributed by atoms with Crippen molar-refractivity contribution in [3.05, 3.63) is 67.9 Å². The van der Waals surface area contributed by atoms with Crippen LogP contribution in [0.25, 0.3) is 6.08 Å². The van der Waals surface area contributed by atoms with Crippen molar-refractivity contribution in [3.8, 4) is 0 Å². The van der Waals surface area contributed by atoms with Gasteiger partial charge in [-0.1, -0.05) is 47.0 Å². The Hall–Kier alpha value is -1.27. The Morgan fingerprint density at radius 3 is 2.24 bits per heavy atom. The first-order valence-corrected chi connectivity index (χ1v) is 8.31. The van der Waals surface area contributed by atoms with Gasteiger partial charge in [-0.25, -0.2) is 0 Å². The summed E-state index contributed by atoms with van der Waals surface area (Å²) in [5.41, 5.74) is 7.48. The van der Waals surface area contributed by atoms with Gasteiger partial charge in [-0.2, -0.15) is 13.2 Å². The molecule has 1 atom stereocenters. The Balaban J connectivity index is 2.41. The molecular weight excluding hydrogens is 396 g/mol. The van der Waals surface area contributed by atoms with E-state index in [0.29, 0.717) is 11.3 Å². The third-order valence-electron chi connectivity index (χ3n) is 3.60. The number of nitrogens with two attached hydrogens (primary N) is 1. The molecule has 0 saturated carbocycles. The molecule has 1 unspecified atom stereocenters. The highest BCUT2D eigenvalue weighted by Crippen LogP contribution is 2.41. The van der Waals surface area contributed by atoms with Gasteiger partial charge in [0.05, 0.1) is 26.7 Å². The zero-order valence-electron chi connectivity index (χ0n) is 13.0. The summed E-state index contributed by atoms with van der Waals surface area (Å²) in [6.07, 6.45) is -0.652.